The molecule has 3 N–H and O–H groups in total. The number of carbonyl (C=O) groups is 2. The number of benzene rings is 2. The number of rotatable bonds is 6. The molecule has 2 aromatic rings. The van der Waals surface area contributed by atoms with Crippen LogP contribution in [0, 0.1) is 0 Å². The molecule has 4 heteroatoms. The monoisotopic (exact) mass is 311 g/mol. The summed E-state index contributed by atoms with van der Waals surface area (Å²) < 4.78 is 0. The normalized spacial score (nSPS) is 13.2. The minimum atomic E-state index is -0.210. The summed E-state index contributed by atoms with van der Waals surface area (Å²) in [5.41, 5.74) is 2.53. The number of hydrogen-bond donors (Lipinski definition) is 2. The second-order valence-electron chi connectivity index (χ2n) is 5.80. The summed E-state index contributed by atoms with van der Waals surface area (Å²) in [7, 11) is 0. The molecule has 0 unspecified atom stereocenters. The van der Waals surface area contributed by atoms with Crippen molar-refractivity contribution in [3.8, 4) is 0 Å². The number of amides is 1. The van der Waals surface area contributed by atoms with Crippen molar-refractivity contribution >= 4 is 17.4 Å². The van der Waals surface area contributed by atoms with Crippen LogP contribution in [0.5, 0.6) is 0 Å². The van der Waals surface area contributed by atoms with Gasteiger partial charge in [-0.3, -0.25) is 9.59 Å². The fraction of sp³-hybridized carbons (Fsp3) is 0.263. The zero-order valence-corrected chi connectivity index (χ0v) is 13.7. The number of quaternary nitrogens is 1. The van der Waals surface area contributed by atoms with Crippen molar-refractivity contribution in [3.05, 3.63) is 65.7 Å². The topological polar surface area (TPSA) is 62.8 Å². The van der Waals surface area contributed by atoms with Gasteiger partial charge in [0.05, 0.1) is 0 Å². The molecule has 2 rings (SSSR count). The molecule has 23 heavy (non-hydrogen) atoms. The minimum Gasteiger partial charge on any atom is -0.330 e. The van der Waals surface area contributed by atoms with E-state index in [2.05, 4.69) is 24.4 Å². The molecule has 2 atom stereocenters. The van der Waals surface area contributed by atoms with Gasteiger partial charge in [0.2, 0.25) is 0 Å². The van der Waals surface area contributed by atoms with Crippen LogP contribution < -0.4 is 10.6 Å². The maximum absolute atomic E-state index is 12.3. The Bertz CT molecular complexity index is 666. The summed E-state index contributed by atoms with van der Waals surface area (Å²) in [5, 5.41) is 4.92. The SMILES string of the molecule is CC(=O)c1ccc(NC(=O)[C@@H](C)[NH2+][C@@H](C)c2ccccc2)cc1. The van der Waals surface area contributed by atoms with Crippen LogP contribution >= 0.6 is 0 Å². The lowest BCUT2D eigenvalue weighted by Crippen LogP contribution is -2.91. The molecule has 0 aliphatic rings. The van der Waals surface area contributed by atoms with Crippen LogP contribution in [-0.4, -0.2) is 17.7 Å². The van der Waals surface area contributed by atoms with Crippen LogP contribution in [0.4, 0.5) is 5.69 Å². The van der Waals surface area contributed by atoms with Crippen molar-refractivity contribution in [1.82, 2.24) is 0 Å². The third-order valence-corrected chi connectivity index (χ3v) is 3.88. The minimum absolute atomic E-state index is 0.0151. The predicted molar refractivity (Wildman–Crippen MR) is 91.3 cm³/mol. The Morgan fingerprint density at radius 3 is 2.13 bits per heavy atom. The van der Waals surface area contributed by atoms with Gasteiger partial charge in [0.1, 0.15) is 6.04 Å². The number of nitrogens with two attached hydrogens (primary N) is 1. The highest BCUT2D eigenvalue weighted by molar-refractivity contribution is 5.96. The Kier molecular flexibility index (Phi) is 5.66. The number of Topliss-reactive ketones (excluding diaryl/α,β-unsaturated/α-hetero) is 1. The molecule has 0 saturated carbocycles. The average Bonchev–Trinajstić information content (AvgIpc) is 2.56. The molecule has 0 saturated heterocycles. The van der Waals surface area contributed by atoms with Crippen molar-refractivity contribution < 1.29 is 14.9 Å². The first-order valence-electron chi connectivity index (χ1n) is 7.79. The van der Waals surface area contributed by atoms with Crippen molar-refractivity contribution in [2.75, 3.05) is 5.32 Å². The van der Waals surface area contributed by atoms with Gasteiger partial charge in [0.25, 0.3) is 5.91 Å². The third-order valence-electron chi connectivity index (χ3n) is 3.88. The molecule has 0 aromatic heterocycles. The first-order valence-corrected chi connectivity index (χ1v) is 7.79. The van der Waals surface area contributed by atoms with Crippen LogP contribution in [0.2, 0.25) is 0 Å². The summed E-state index contributed by atoms with van der Waals surface area (Å²) in [6.07, 6.45) is 0. The van der Waals surface area contributed by atoms with Crippen LogP contribution in [0.25, 0.3) is 0 Å². The lowest BCUT2D eigenvalue weighted by Gasteiger charge is -2.17. The highest BCUT2D eigenvalue weighted by atomic mass is 16.2. The van der Waals surface area contributed by atoms with Crippen molar-refractivity contribution in [1.29, 1.82) is 0 Å². The number of ketones is 1. The van der Waals surface area contributed by atoms with E-state index in [1.54, 1.807) is 24.3 Å². The molecule has 0 bridgehead atoms. The largest absolute Gasteiger partial charge is 0.330 e. The van der Waals surface area contributed by atoms with Crippen LogP contribution in [0.1, 0.15) is 42.7 Å². The van der Waals surface area contributed by atoms with E-state index < -0.39 is 0 Å². The van der Waals surface area contributed by atoms with Crippen molar-refractivity contribution in [2.45, 2.75) is 32.9 Å². The summed E-state index contributed by atoms with van der Waals surface area (Å²) in [5.74, 6) is -0.0374. The third kappa shape index (κ3) is 4.76. The van der Waals surface area contributed by atoms with Crippen LogP contribution in [0.15, 0.2) is 54.6 Å². The number of hydrogen-bond acceptors (Lipinski definition) is 2. The first-order chi connectivity index (χ1) is 11.0. The van der Waals surface area contributed by atoms with Crippen molar-refractivity contribution in [3.63, 3.8) is 0 Å². The van der Waals surface area contributed by atoms with E-state index in [4.69, 9.17) is 0 Å². The average molecular weight is 311 g/mol. The lowest BCUT2D eigenvalue weighted by molar-refractivity contribution is -0.709. The molecular weight excluding hydrogens is 288 g/mol. The second-order valence-corrected chi connectivity index (χ2v) is 5.80. The summed E-state index contributed by atoms with van der Waals surface area (Å²) >= 11 is 0. The Hall–Kier alpha value is -2.46. The van der Waals surface area contributed by atoms with Crippen LogP contribution in [0.3, 0.4) is 0 Å². The Morgan fingerprint density at radius 1 is 0.957 bits per heavy atom. The molecule has 0 fully saturated rings. The van der Waals surface area contributed by atoms with E-state index >= 15 is 0 Å². The Balaban J connectivity index is 1.93. The van der Waals surface area contributed by atoms with E-state index in [0.29, 0.717) is 11.3 Å². The smallest absolute Gasteiger partial charge is 0.282 e. The maximum Gasteiger partial charge on any atom is 0.282 e. The zero-order valence-electron chi connectivity index (χ0n) is 13.7. The van der Waals surface area contributed by atoms with Gasteiger partial charge in [-0.05, 0) is 45.0 Å². The first kappa shape index (κ1) is 16.9. The molecular formula is C19H23N2O2+. The van der Waals surface area contributed by atoms with Crippen molar-refractivity contribution in [2.24, 2.45) is 0 Å². The van der Waals surface area contributed by atoms with Gasteiger partial charge in [-0.2, -0.15) is 0 Å². The lowest BCUT2D eigenvalue weighted by atomic mass is 10.1. The van der Waals surface area contributed by atoms with E-state index in [0.717, 1.165) is 0 Å². The molecule has 0 heterocycles. The van der Waals surface area contributed by atoms with E-state index in [1.807, 2.05) is 30.4 Å². The fourth-order valence-electron chi connectivity index (χ4n) is 2.43. The molecule has 4 nitrogen and oxygen atoms in total. The van der Waals surface area contributed by atoms with Gasteiger partial charge in [0.15, 0.2) is 11.8 Å². The predicted octanol–water partition coefficient (Wildman–Crippen LogP) is 2.54. The number of anilines is 1. The maximum atomic E-state index is 12.3. The quantitative estimate of drug-likeness (QED) is 0.805. The van der Waals surface area contributed by atoms with Crippen LogP contribution in [-0.2, 0) is 4.79 Å². The highest BCUT2D eigenvalue weighted by Crippen LogP contribution is 2.11. The molecule has 120 valence electrons. The zero-order chi connectivity index (χ0) is 16.8. The molecule has 0 aliphatic carbocycles. The molecule has 2 aromatic carbocycles. The van der Waals surface area contributed by atoms with E-state index in [9.17, 15) is 9.59 Å². The fourth-order valence-corrected chi connectivity index (χ4v) is 2.43. The summed E-state index contributed by atoms with van der Waals surface area (Å²) in [6, 6.07) is 17.1. The summed E-state index contributed by atoms with van der Waals surface area (Å²) in [6.45, 7) is 5.50. The Morgan fingerprint density at radius 2 is 1.57 bits per heavy atom. The van der Waals surface area contributed by atoms with Gasteiger partial charge in [-0.15, -0.1) is 0 Å². The van der Waals surface area contributed by atoms with Gasteiger partial charge >= 0.3 is 0 Å². The molecule has 0 spiro atoms. The molecule has 1 amide bonds. The van der Waals surface area contributed by atoms with Gasteiger partial charge in [-0.1, -0.05) is 30.3 Å². The van der Waals surface area contributed by atoms with Gasteiger partial charge < -0.3 is 10.6 Å². The second kappa shape index (κ2) is 7.70. The Labute approximate surface area is 136 Å². The number of carbonyl (C=O) groups excluding carboxylic acids is 2. The van der Waals surface area contributed by atoms with Gasteiger partial charge in [0, 0.05) is 16.8 Å². The molecule has 0 radical (unpaired) electrons. The molecule has 0 aliphatic heterocycles. The standard InChI is InChI=1S/C19H22N2O2/c1-13(16-7-5-4-6-8-16)20-14(2)19(23)21-18-11-9-17(10-12-18)15(3)22/h4-14,20H,1-3H3,(H,21,23)/p+1/t13-,14+/m0/s1. The van der Waals surface area contributed by atoms with E-state index in [1.165, 1.54) is 12.5 Å². The highest BCUT2D eigenvalue weighted by Gasteiger charge is 2.20. The number of nitrogens with one attached hydrogen (secondary N) is 1. The summed E-state index contributed by atoms with van der Waals surface area (Å²) in [4.78, 5) is 23.5. The van der Waals surface area contributed by atoms with E-state index in [-0.39, 0.29) is 23.8 Å². The van der Waals surface area contributed by atoms with Gasteiger partial charge in [-0.25, -0.2) is 0 Å².